The van der Waals surface area contributed by atoms with Crippen LogP contribution in [-0.4, -0.2) is 59.5 Å². The first-order valence-corrected chi connectivity index (χ1v) is 13.9. The number of aryl methyl sites for hydroxylation is 1. The Morgan fingerprint density at radius 2 is 2.00 bits per heavy atom. The van der Waals surface area contributed by atoms with Gasteiger partial charge >= 0.3 is 0 Å². The van der Waals surface area contributed by atoms with Gasteiger partial charge < -0.3 is 20.7 Å². The van der Waals surface area contributed by atoms with Crippen LogP contribution >= 0.6 is 11.8 Å². The number of nitrogens with zero attached hydrogens (tertiary/aromatic N) is 3. The van der Waals surface area contributed by atoms with Crippen LogP contribution in [0.3, 0.4) is 0 Å². The maximum atomic E-state index is 14.5. The fourth-order valence-corrected chi connectivity index (χ4v) is 4.68. The highest BCUT2D eigenvalue weighted by Crippen LogP contribution is 2.25. The van der Waals surface area contributed by atoms with Crippen LogP contribution in [0.15, 0.2) is 30.6 Å². The highest BCUT2D eigenvalue weighted by atomic mass is 32.2. The molecule has 1 aliphatic heterocycles. The van der Waals surface area contributed by atoms with Crippen molar-refractivity contribution < 1.29 is 18.7 Å². The summed E-state index contributed by atoms with van der Waals surface area (Å²) in [6, 6.07) is 3.32. The van der Waals surface area contributed by atoms with Crippen molar-refractivity contribution >= 4 is 29.5 Å². The van der Waals surface area contributed by atoms with Gasteiger partial charge in [-0.25, -0.2) is 14.4 Å². The third kappa shape index (κ3) is 8.08. The van der Waals surface area contributed by atoms with Crippen molar-refractivity contribution in [1.82, 2.24) is 15.3 Å². The topological polar surface area (TPSA) is 110 Å². The Balaban J connectivity index is 1.39. The number of anilines is 1. The number of benzene rings is 1. The molecule has 2 aromatic rings. The van der Waals surface area contributed by atoms with Crippen molar-refractivity contribution in [2.24, 2.45) is 11.7 Å². The average Bonchev–Trinajstić information content (AvgIpc) is 2.89. The minimum atomic E-state index is -0.832. The van der Waals surface area contributed by atoms with Gasteiger partial charge in [-0.05, 0) is 74.1 Å². The number of aromatic nitrogens is 2. The molecule has 0 bridgehead atoms. The van der Waals surface area contributed by atoms with E-state index in [4.69, 9.17) is 10.5 Å². The summed E-state index contributed by atoms with van der Waals surface area (Å²) in [6.07, 6.45) is 11.1. The number of primary amides is 1. The van der Waals surface area contributed by atoms with E-state index in [1.807, 2.05) is 18.6 Å². The number of piperidine rings is 1. The summed E-state index contributed by atoms with van der Waals surface area (Å²) >= 11 is 1.54. The van der Waals surface area contributed by atoms with E-state index in [1.54, 1.807) is 6.07 Å². The first-order chi connectivity index (χ1) is 17.4. The summed E-state index contributed by atoms with van der Waals surface area (Å²) in [5.74, 6) is 0.457. The third-order valence-electron chi connectivity index (χ3n) is 6.47. The molecule has 0 saturated carbocycles. The van der Waals surface area contributed by atoms with Crippen LogP contribution in [0, 0.1) is 11.7 Å². The van der Waals surface area contributed by atoms with Crippen molar-refractivity contribution in [3.05, 3.63) is 47.5 Å². The Kier molecular flexibility index (Phi) is 10.8. The van der Waals surface area contributed by atoms with Crippen molar-refractivity contribution in [3.8, 4) is 5.75 Å². The summed E-state index contributed by atoms with van der Waals surface area (Å²) in [4.78, 5) is 35.2. The molecule has 36 heavy (non-hydrogen) atoms. The zero-order valence-corrected chi connectivity index (χ0v) is 21.9. The van der Waals surface area contributed by atoms with Crippen LogP contribution < -0.4 is 20.7 Å². The maximum absolute atomic E-state index is 14.5. The van der Waals surface area contributed by atoms with Crippen LogP contribution in [0.2, 0.25) is 0 Å². The van der Waals surface area contributed by atoms with E-state index in [9.17, 15) is 14.0 Å². The zero-order valence-electron chi connectivity index (χ0n) is 21.0. The molecule has 3 rings (SSSR count). The molecule has 1 saturated heterocycles. The lowest BCUT2D eigenvalue weighted by atomic mass is 9.92. The molecule has 0 radical (unpaired) electrons. The standard InChI is InChI=1S/C26H36FN5O3S/c1-3-18-16-29-26(30-17-18)32-11-8-19(9-12-32)5-4-13-35-20-6-7-21(22(27)15-20)25(34)31-23(24(28)33)10-14-36-2/h6-7,15-17,19,23H,3-5,8-14H2,1-2H3,(H2,28,33)(H,31,34)/t23-/m1/s1. The number of nitrogens with two attached hydrogens (primary N) is 1. The number of hydrogen-bond donors (Lipinski definition) is 2. The number of halogens is 1. The number of amides is 2. The zero-order chi connectivity index (χ0) is 25.9. The molecule has 1 atom stereocenters. The largest absolute Gasteiger partial charge is 0.493 e. The predicted molar refractivity (Wildman–Crippen MR) is 141 cm³/mol. The fraction of sp³-hybridized carbons (Fsp3) is 0.538. The van der Waals surface area contributed by atoms with Gasteiger partial charge in [-0.15, -0.1) is 0 Å². The quantitative estimate of drug-likeness (QED) is 0.391. The van der Waals surface area contributed by atoms with Crippen molar-refractivity contribution in [1.29, 1.82) is 0 Å². The van der Waals surface area contributed by atoms with Crippen LogP contribution in [0.1, 0.15) is 54.9 Å². The second-order valence-electron chi connectivity index (χ2n) is 9.02. The van der Waals surface area contributed by atoms with Gasteiger partial charge in [0.2, 0.25) is 11.9 Å². The van der Waals surface area contributed by atoms with Gasteiger partial charge in [-0.2, -0.15) is 11.8 Å². The van der Waals surface area contributed by atoms with E-state index in [2.05, 4.69) is 27.1 Å². The van der Waals surface area contributed by atoms with Gasteiger partial charge in [0.15, 0.2) is 0 Å². The number of rotatable bonds is 13. The van der Waals surface area contributed by atoms with Gasteiger partial charge in [0.05, 0.1) is 12.2 Å². The summed E-state index contributed by atoms with van der Waals surface area (Å²) in [5, 5.41) is 2.52. The third-order valence-corrected chi connectivity index (χ3v) is 7.11. The molecule has 1 fully saturated rings. The first kappa shape index (κ1) is 27.7. The molecule has 1 aromatic carbocycles. The Hall–Kier alpha value is -2.88. The van der Waals surface area contributed by atoms with Crippen LogP contribution in [0.4, 0.5) is 10.3 Å². The lowest BCUT2D eigenvalue weighted by molar-refractivity contribution is -0.119. The molecule has 196 valence electrons. The minimum Gasteiger partial charge on any atom is -0.493 e. The summed E-state index contributed by atoms with van der Waals surface area (Å²) in [6.45, 7) is 4.46. The Morgan fingerprint density at radius 1 is 1.28 bits per heavy atom. The molecule has 8 nitrogen and oxygen atoms in total. The van der Waals surface area contributed by atoms with E-state index in [-0.39, 0.29) is 5.56 Å². The van der Waals surface area contributed by atoms with Crippen LogP contribution in [0.5, 0.6) is 5.75 Å². The number of thioether (sulfide) groups is 1. The second kappa shape index (κ2) is 14.0. The van der Waals surface area contributed by atoms with Gasteiger partial charge in [-0.3, -0.25) is 9.59 Å². The normalized spacial score (nSPS) is 14.9. The van der Waals surface area contributed by atoms with Crippen molar-refractivity contribution in [3.63, 3.8) is 0 Å². The molecule has 0 aliphatic carbocycles. The second-order valence-corrected chi connectivity index (χ2v) is 10.0. The average molecular weight is 518 g/mol. The molecular weight excluding hydrogens is 481 g/mol. The molecule has 1 aromatic heterocycles. The minimum absolute atomic E-state index is 0.141. The van der Waals surface area contributed by atoms with Gasteiger partial charge in [0.25, 0.3) is 5.91 Å². The SMILES string of the molecule is CCc1cnc(N2CCC(CCCOc3ccc(C(=O)N[C@H](CCSC)C(N)=O)c(F)c3)CC2)nc1. The van der Waals surface area contributed by atoms with Gasteiger partial charge in [-0.1, -0.05) is 6.92 Å². The lowest BCUT2D eigenvalue weighted by Gasteiger charge is -2.32. The van der Waals surface area contributed by atoms with E-state index in [0.717, 1.165) is 56.7 Å². The Bertz CT molecular complexity index is 1000. The van der Waals surface area contributed by atoms with E-state index in [0.29, 0.717) is 30.4 Å². The number of ether oxygens (including phenoxy) is 1. The summed E-state index contributed by atoms with van der Waals surface area (Å²) < 4.78 is 20.3. The van der Waals surface area contributed by atoms with E-state index >= 15 is 0 Å². The monoisotopic (exact) mass is 517 g/mol. The number of nitrogens with one attached hydrogen (secondary N) is 1. The van der Waals surface area contributed by atoms with E-state index < -0.39 is 23.7 Å². The molecule has 2 amide bonds. The molecule has 0 spiro atoms. The number of hydrogen-bond acceptors (Lipinski definition) is 7. The first-order valence-electron chi connectivity index (χ1n) is 12.5. The maximum Gasteiger partial charge on any atom is 0.254 e. The van der Waals surface area contributed by atoms with Crippen molar-refractivity contribution in [2.75, 3.05) is 36.6 Å². The highest BCUT2D eigenvalue weighted by molar-refractivity contribution is 7.98. The van der Waals surface area contributed by atoms with Crippen molar-refractivity contribution in [2.45, 2.75) is 51.5 Å². The molecule has 0 unspecified atom stereocenters. The van der Waals surface area contributed by atoms with Gasteiger partial charge in [0, 0.05) is 31.5 Å². The molecule has 3 N–H and O–H groups in total. The van der Waals surface area contributed by atoms with E-state index in [1.165, 1.54) is 23.9 Å². The van der Waals surface area contributed by atoms with Gasteiger partial charge in [0.1, 0.15) is 17.6 Å². The lowest BCUT2D eigenvalue weighted by Crippen LogP contribution is -2.45. The molecular formula is C26H36FN5O3S. The predicted octanol–water partition coefficient (Wildman–Crippen LogP) is 3.59. The Labute approximate surface area is 216 Å². The summed E-state index contributed by atoms with van der Waals surface area (Å²) in [7, 11) is 0. The summed E-state index contributed by atoms with van der Waals surface area (Å²) in [5.41, 5.74) is 6.35. The molecule has 2 heterocycles. The highest BCUT2D eigenvalue weighted by Gasteiger charge is 2.22. The smallest absolute Gasteiger partial charge is 0.254 e. The number of carbonyl (C=O) groups is 2. The van der Waals surface area contributed by atoms with Crippen LogP contribution in [0.25, 0.3) is 0 Å². The number of carbonyl (C=O) groups excluding carboxylic acids is 2. The van der Waals surface area contributed by atoms with Crippen LogP contribution in [-0.2, 0) is 11.2 Å². The fourth-order valence-electron chi connectivity index (χ4n) is 4.20. The molecule has 10 heteroatoms. The Morgan fingerprint density at radius 3 is 2.61 bits per heavy atom. The molecule has 1 aliphatic rings.